The lowest BCUT2D eigenvalue weighted by Crippen LogP contribution is -1.99. The number of carboxylic acids is 1. The Morgan fingerprint density at radius 2 is 1.03 bits per heavy atom. The number of carbonyl (C=O) groups is 2. The molecule has 14 heteroatoms. The van der Waals surface area contributed by atoms with Crippen molar-refractivity contribution < 1.29 is 35.7 Å². The first-order chi connectivity index (χ1) is 13.6. The Balaban J connectivity index is 0.000000477. The van der Waals surface area contributed by atoms with Crippen LogP contribution < -0.4 is 0 Å². The van der Waals surface area contributed by atoms with Crippen molar-refractivity contribution in [1.29, 1.82) is 0 Å². The van der Waals surface area contributed by atoms with E-state index < -0.39 is 40.1 Å². The van der Waals surface area contributed by atoms with Crippen molar-refractivity contribution in [1.82, 2.24) is 0 Å². The van der Waals surface area contributed by atoms with Gasteiger partial charge in [-0.05, 0) is 60.1 Å². The zero-order chi connectivity index (χ0) is 23.7. The zero-order valence-electron chi connectivity index (χ0n) is 15.3. The third-order valence-electron chi connectivity index (χ3n) is 3.04. The molecule has 8 nitrogen and oxygen atoms in total. The SMILES string of the molecule is CS(=O)(=O)c1ccc(C(=O)Cl)cc1.CS(=O)(=O)c1ccc(C(=O)O)cc1.O=S(Cl)Cl. The highest BCUT2D eigenvalue weighted by molar-refractivity contribution is 8.26. The Morgan fingerprint density at radius 3 is 1.23 bits per heavy atom. The molecule has 0 spiro atoms. The van der Waals surface area contributed by atoms with Gasteiger partial charge in [0.05, 0.1) is 15.4 Å². The van der Waals surface area contributed by atoms with Crippen LogP contribution in [0.25, 0.3) is 0 Å². The maximum absolute atomic E-state index is 11.0. The molecule has 30 heavy (non-hydrogen) atoms. The molecule has 0 atom stereocenters. The molecule has 1 N–H and O–H groups in total. The lowest BCUT2D eigenvalue weighted by atomic mass is 10.2. The molecule has 2 aromatic carbocycles. The van der Waals surface area contributed by atoms with Crippen molar-refractivity contribution in [2.75, 3.05) is 12.5 Å². The van der Waals surface area contributed by atoms with Crippen LogP contribution in [0.4, 0.5) is 0 Å². The van der Waals surface area contributed by atoms with Crippen LogP contribution in [0.2, 0.25) is 0 Å². The van der Waals surface area contributed by atoms with Crippen molar-refractivity contribution >= 4 is 73.1 Å². The minimum atomic E-state index is -3.24. The largest absolute Gasteiger partial charge is 0.478 e. The van der Waals surface area contributed by atoms with Crippen LogP contribution in [0.1, 0.15) is 20.7 Å². The molecule has 166 valence electrons. The Bertz CT molecular complexity index is 1020. The summed E-state index contributed by atoms with van der Waals surface area (Å²) in [5.41, 5.74) is 0.362. The lowest BCUT2D eigenvalue weighted by molar-refractivity contribution is 0.0696. The van der Waals surface area contributed by atoms with E-state index in [9.17, 15) is 26.4 Å². The molecule has 0 aliphatic carbocycles. The van der Waals surface area contributed by atoms with Gasteiger partial charge in [0.25, 0.3) is 5.24 Å². The summed E-state index contributed by atoms with van der Waals surface area (Å²) in [6, 6.07) is 10.5. The van der Waals surface area contributed by atoms with Crippen LogP contribution in [-0.2, 0) is 28.9 Å². The molecule has 0 aromatic heterocycles. The maximum Gasteiger partial charge on any atom is 0.335 e. The standard InChI is InChI=1S/C8H7ClO3S.C8H8O4S.Cl2OS/c2*1-13(11,12)7-4-2-6(3-5-7)8(9)10;1-4(2)3/h2-5H,1H3;2-5H,1H3,(H,9,10);. The second-order valence-corrected chi connectivity index (χ2v) is 12.3. The third-order valence-corrected chi connectivity index (χ3v) is 5.51. The van der Waals surface area contributed by atoms with E-state index in [1.165, 1.54) is 48.5 Å². The Morgan fingerprint density at radius 1 is 0.767 bits per heavy atom. The predicted molar refractivity (Wildman–Crippen MR) is 116 cm³/mol. The van der Waals surface area contributed by atoms with Crippen molar-refractivity contribution in [2.24, 2.45) is 0 Å². The molecule has 0 saturated heterocycles. The van der Waals surface area contributed by atoms with Crippen LogP contribution in [0.5, 0.6) is 0 Å². The van der Waals surface area contributed by atoms with Gasteiger partial charge in [-0.25, -0.2) is 25.8 Å². The van der Waals surface area contributed by atoms with Gasteiger partial charge in [0, 0.05) is 39.4 Å². The maximum atomic E-state index is 11.0. The third kappa shape index (κ3) is 11.6. The topological polar surface area (TPSA) is 140 Å². The summed E-state index contributed by atoms with van der Waals surface area (Å²) >= 11 is 5.18. The first-order valence-electron chi connectivity index (χ1n) is 7.33. The Labute approximate surface area is 190 Å². The molecule has 0 saturated carbocycles. The first-order valence-corrected chi connectivity index (χ1v) is 14.3. The summed E-state index contributed by atoms with van der Waals surface area (Å²) < 4.78 is 53.0. The van der Waals surface area contributed by atoms with Gasteiger partial charge < -0.3 is 5.11 Å². The number of aromatic carboxylic acids is 1. The van der Waals surface area contributed by atoms with Gasteiger partial charge in [0.1, 0.15) is 0 Å². The normalized spacial score (nSPS) is 10.9. The van der Waals surface area contributed by atoms with E-state index in [2.05, 4.69) is 21.4 Å². The molecule has 2 rings (SSSR count). The van der Waals surface area contributed by atoms with Crippen LogP contribution in [0.15, 0.2) is 58.3 Å². The van der Waals surface area contributed by atoms with E-state index in [-0.39, 0.29) is 20.9 Å². The molecule has 0 radical (unpaired) electrons. The molecule has 2 aromatic rings. The highest BCUT2D eigenvalue weighted by Crippen LogP contribution is 2.11. The molecular formula is C16H15Cl3O8S3. The highest BCUT2D eigenvalue weighted by atomic mass is 36.0. The van der Waals surface area contributed by atoms with E-state index in [1.807, 2.05) is 0 Å². The number of rotatable bonds is 4. The average molecular weight is 538 g/mol. The van der Waals surface area contributed by atoms with Crippen molar-refractivity contribution in [3.8, 4) is 0 Å². The number of sulfone groups is 2. The summed E-state index contributed by atoms with van der Waals surface area (Å²) in [5, 5.41) is 7.93. The van der Waals surface area contributed by atoms with Gasteiger partial charge in [-0.2, -0.15) is 0 Å². The monoisotopic (exact) mass is 536 g/mol. The number of hydrogen-bond acceptors (Lipinski definition) is 7. The van der Waals surface area contributed by atoms with E-state index in [1.54, 1.807) is 0 Å². The van der Waals surface area contributed by atoms with E-state index in [0.29, 0.717) is 0 Å². The van der Waals surface area contributed by atoms with Gasteiger partial charge >= 0.3 is 5.97 Å². The molecule has 0 fully saturated rings. The molecule has 0 heterocycles. The molecule has 0 aliphatic rings. The quantitative estimate of drug-likeness (QED) is 0.586. The van der Waals surface area contributed by atoms with Gasteiger partial charge in [0.2, 0.25) is 9.23 Å². The first kappa shape index (κ1) is 28.5. The fraction of sp³-hybridized carbons (Fsp3) is 0.125. The summed E-state index contributed by atoms with van der Waals surface area (Å²) in [4.78, 5) is 21.3. The average Bonchev–Trinajstić information content (AvgIpc) is 2.60. The molecule has 0 unspecified atom stereocenters. The molecule has 0 bridgehead atoms. The van der Waals surface area contributed by atoms with Gasteiger partial charge in [-0.3, -0.25) is 4.79 Å². The number of halogens is 3. The van der Waals surface area contributed by atoms with Gasteiger partial charge in [-0.15, -0.1) is 0 Å². The fourth-order valence-corrected chi connectivity index (χ4v) is 3.06. The molecular weight excluding hydrogens is 523 g/mol. The number of hydrogen-bond donors (Lipinski definition) is 1. The summed E-state index contributed by atoms with van der Waals surface area (Å²) in [6.45, 7) is 0. The minimum Gasteiger partial charge on any atom is -0.478 e. The molecule has 0 aliphatic heterocycles. The fourth-order valence-electron chi connectivity index (χ4n) is 1.68. The predicted octanol–water partition coefficient (Wildman–Crippen LogP) is 3.30. The minimum absolute atomic E-state index is 0.0763. The second kappa shape index (κ2) is 12.4. The number of carboxylic acid groups (broad SMARTS) is 1. The van der Waals surface area contributed by atoms with Crippen LogP contribution in [-0.4, -0.2) is 49.9 Å². The van der Waals surface area contributed by atoms with Crippen molar-refractivity contribution in [3.63, 3.8) is 0 Å². The number of carbonyl (C=O) groups excluding carboxylic acids is 1. The molecule has 0 amide bonds. The summed E-state index contributed by atoms with van der Waals surface area (Å²) in [6.07, 6.45) is 2.17. The van der Waals surface area contributed by atoms with E-state index >= 15 is 0 Å². The number of benzene rings is 2. The zero-order valence-corrected chi connectivity index (χ0v) is 20.0. The van der Waals surface area contributed by atoms with Crippen molar-refractivity contribution in [2.45, 2.75) is 9.79 Å². The second-order valence-electron chi connectivity index (χ2n) is 5.36. The van der Waals surface area contributed by atoms with Crippen molar-refractivity contribution in [3.05, 3.63) is 59.7 Å². The highest BCUT2D eigenvalue weighted by Gasteiger charge is 2.08. The van der Waals surface area contributed by atoms with E-state index in [0.717, 1.165) is 12.5 Å². The van der Waals surface area contributed by atoms with E-state index in [4.69, 9.17) is 20.9 Å². The van der Waals surface area contributed by atoms with Gasteiger partial charge in [-0.1, -0.05) is 0 Å². The summed E-state index contributed by atoms with van der Waals surface area (Å²) in [5.74, 6) is -1.07. The van der Waals surface area contributed by atoms with Gasteiger partial charge in [0.15, 0.2) is 19.7 Å². The van der Waals surface area contributed by atoms with Crippen LogP contribution in [0, 0.1) is 0 Å². The van der Waals surface area contributed by atoms with Crippen LogP contribution >= 0.6 is 33.0 Å². The van der Waals surface area contributed by atoms with Crippen LogP contribution in [0.3, 0.4) is 0 Å². The smallest absolute Gasteiger partial charge is 0.335 e. The lowest BCUT2D eigenvalue weighted by Gasteiger charge is -1.97. The Kier molecular flexibility index (Phi) is 11.8. The Hall–Kier alpha value is -1.50. The summed E-state index contributed by atoms with van der Waals surface area (Å²) in [7, 11) is 0.920.